The first-order valence-electron chi connectivity index (χ1n) is 8.70. The van der Waals surface area contributed by atoms with Gasteiger partial charge in [0.25, 0.3) is 0 Å². The lowest BCUT2D eigenvalue weighted by atomic mass is 10.0. The summed E-state index contributed by atoms with van der Waals surface area (Å²) in [5.74, 6) is 3.38. The fourth-order valence-electron chi connectivity index (χ4n) is 2.27. The quantitative estimate of drug-likeness (QED) is 0.310. The summed E-state index contributed by atoms with van der Waals surface area (Å²) in [6.07, 6.45) is 2.44. The van der Waals surface area contributed by atoms with E-state index in [9.17, 15) is 5.11 Å². The molecule has 0 spiro atoms. The van der Waals surface area contributed by atoms with Gasteiger partial charge in [0.1, 0.15) is 22.9 Å². The SMILES string of the molecule is Cc1ccc(C(C)(O)CN=C(NCCc2ccco2)NCC(C)C)o1.I. The first-order valence-corrected chi connectivity index (χ1v) is 8.70. The van der Waals surface area contributed by atoms with Crippen molar-refractivity contribution >= 4 is 29.9 Å². The van der Waals surface area contributed by atoms with Gasteiger partial charge in [0.15, 0.2) is 5.96 Å². The molecule has 0 aliphatic carbocycles. The Labute approximate surface area is 172 Å². The van der Waals surface area contributed by atoms with Gasteiger partial charge in [0.05, 0.1) is 12.8 Å². The minimum absolute atomic E-state index is 0. The highest BCUT2D eigenvalue weighted by Crippen LogP contribution is 2.23. The van der Waals surface area contributed by atoms with E-state index in [-0.39, 0.29) is 30.5 Å². The van der Waals surface area contributed by atoms with Gasteiger partial charge in [-0.05, 0) is 44.0 Å². The van der Waals surface area contributed by atoms with Crippen LogP contribution in [0.1, 0.15) is 38.1 Å². The summed E-state index contributed by atoms with van der Waals surface area (Å²) in [5, 5.41) is 17.2. The molecule has 0 aliphatic rings. The highest BCUT2D eigenvalue weighted by molar-refractivity contribution is 14.0. The molecule has 0 fully saturated rings. The fraction of sp³-hybridized carbons (Fsp3) is 0.526. The van der Waals surface area contributed by atoms with Crippen LogP contribution in [-0.4, -0.2) is 30.7 Å². The van der Waals surface area contributed by atoms with Gasteiger partial charge in [-0.3, -0.25) is 0 Å². The van der Waals surface area contributed by atoms with Gasteiger partial charge in [0.2, 0.25) is 0 Å². The fourth-order valence-corrected chi connectivity index (χ4v) is 2.27. The van der Waals surface area contributed by atoms with Gasteiger partial charge in [-0.1, -0.05) is 13.8 Å². The van der Waals surface area contributed by atoms with Gasteiger partial charge >= 0.3 is 0 Å². The Morgan fingerprint density at radius 1 is 1.27 bits per heavy atom. The molecule has 0 aliphatic heterocycles. The maximum absolute atomic E-state index is 10.6. The van der Waals surface area contributed by atoms with Crippen LogP contribution in [0.15, 0.2) is 44.4 Å². The molecule has 3 N–H and O–H groups in total. The van der Waals surface area contributed by atoms with Crippen molar-refractivity contribution in [3.05, 3.63) is 47.8 Å². The number of nitrogens with one attached hydrogen (secondary N) is 2. The number of aryl methyl sites for hydroxylation is 1. The molecule has 2 aromatic heterocycles. The van der Waals surface area contributed by atoms with Crippen molar-refractivity contribution in [1.82, 2.24) is 10.6 Å². The minimum Gasteiger partial charge on any atom is -0.469 e. The summed E-state index contributed by atoms with van der Waals surface area (Å²) < 4.78 is 10.9. The molecule has 0 radical (unpaired) electrons. The Hall–Kier alpha value is -1.48. The second kappa shape index (κ2) is 10.6. The van der Waals surface area contributed by atoms with Gasteiger partial charge in [-0.15, -0.1) is 24.0 Å². The van der Waals surface area contributed by atoms with E-state index in [4.69, 9.17) is 8.83 Å². The molecule has 0 saturated carbocycles. The molecule has 0 amide bonds. The highest BCUT2D eigenvalue weighted by atomic mass is 127. The third-order valence-corrected chi connectivity index (χ3v) is 3.74. The van der Waals surface area contributed by atoms with Gasteiger partial charge in [-0.25, -0.2) is 4.99 Å². The standard InChI is InChI=1S/C19H29N3O3.HI/c1-14(2)12-21-18(20-10-9-16-6-5-11-24-16)22-13-19(4,23)17-8-7-15(3)25-17;/h5-8,11,14,23H,9-10,12-13H2,1-4H3,(H2,20,21,22);1H. The first kappa shape index (κ1) is 22.6. The molecule has 2 aromatic rings. The van der Waals surface area contributed by atoms with Gasteiger partial charge in [-0.2, -0.15) is 0 Å². The molecule has 1 unspecified atom stereocenters. The summed E-state index contributed by atoms with van der Waals surface area (Å²) in [7, 11) is 0. The van der Waals surface area contributed by atoms with E-state index in [1.54, 1.807) is 19.3 Å². The van der Waals surface area contributed by atoms with Crippen molar-refractivity contribution < 1.29 is 13.9 Å². The summed E-state index contributed by atoms with van der Waals surface area (Å²) in [4.78, 5) is 4.53. The predicted molar refractivity (Wildman–Crippen MR) is 114 cm³/mol. The minimum atomic E-state index is -1.15. The zero-order valence-electron chi connectivity index (χ0n) is 15.9. The summed E-state index contributed by atoms with van der Waals surface area (Å²) in [5.41, 5.74) is -1.15. The monoisotopic (exact) mass is 475 g/mol. The number of halogens is 1. The third kappa shape index (κ3) is 7.41. The summed E-state index contributed by atoms with van der Waals surface area (Å²) >= 11 is 0. The molecular weight excluding hydrogens is 445 g/mol. The Kier molecular flexibility index (Phi) is 9.21. The van der Waals surface area contributed by atoms with Crippen LogP contribution >= 0.6 is 24.0 Å². The second-order valence-corrected chi connectivity index (χ2v) is 6.88. The first-order chi connectivity index (χ1) is 11.9. The number of hydrogen-bond donors (Lipinski definition) is 3. The van der Waals surface area contributed by atoms with Crippen LogP contribution in [0, 0.1) is 12.8 Å². The molecule has 26 heavy (non-hydrogen) atoms. The Morgan fingerprint density at radius 2 is 2.04 bits per heavy atom. The van der Waals surface area contributed by atoms with Crippen LogP contribution in [0.3, 0.4) is 0 Å². The van der Waals surface area contributed by atoms with Gasteiger partial charge in [0, 0.05) is 19.5 Å². The van der Waals surface area contributed by atoms with E-state index in [2.05, 4.69) is 29.5 Å². The third-order valence-electron chi connectivity index (χ3n) is 3.74. The van der Waals surface area contributed by atoms with Crippen LogP contribution in [-0.2, 0) is 12.0 Å². The molecule has 6 nitrogen and oxygen atoms in total. The average Bonchev–Trinajstić information content (AvgIpc) is 3.21. The van der Waals surface area contributed by atoms with E-state index in [1.165, 1.54) is 0 Å². The Balaban J connectivity index is 0.00000338. The maximum atomic E-state index is 10.6. The zero-order valence-corrected chi connectivity index (χ0v) is 18.2. The molecule has 2 heterocycles. The maximum Gasteiger partial charge on any atom is 0.191 e. The topological polar surface area (TPSA) is 82.9 Å². The number of rotatable bonds is 8. The largest absolute Gasteiger partial charge is 0.469 e. The van der Waals surface area contributed by atoms with Crippen LogP contribution in [0.2, 0.25) is 0 Å². The molecule has 7 heteroatoms. The number of aliphatic imine (C=N–C) groups is 1. The molecule has 0 aromatic carbocycles. The van der Waals surface area contributed by atoms with E-state index in [0.717, 1.165) is 24.5 Å². The average molecular weight is 475 g/mol. The lowest BCUT2D eigenvalue weighted by molar-refractivity contribution is 0.0428. The van der Waals surface area contributed by atoms with Crippen LogP contribution in [0.4, 0.5) is 0 Å². The Bertz CT molecular complexity index is 663. The van der Waals surface area contributed by atoms with Crippen molar-refractivity contribution in [2.45, 2.75) is 39.7 Å². The van der Waals surface area contributed by atoms with E-state index < -0.39 is 5.60 Å². The lowest BCUT2D eigenvalue weighted by Gasteiger charge is -2.20. The van der Waals surface area contributed by atoms with Crippen LogP contribution in [0.5, 0.6) is 0 Å². The predicted octanol–water partition coefficient (Wildman–Crippen LogP) is 3.44. The Morgan fingerprint density at radius 3 is 2.62 bits per heavy atom. The normalized spacial score (nSPS) is 14.0. The highest BCUT2D eigenvalue weighted by Gasteiger charge is 2.26. The number of hydrogen-bond acceptors (Lipinski definition) is 4. The van der Waals surface area contributed by atoms with E-state index in [0.29, 0.717) is 24.2 Å². The smallest absolute Gasteiger partial charge is 0.191 e. The van der Waals surface area contributed by atoms with E-state index >= 15 is 0 Å². The van der Waals surface area contributed by atoms with Gasteiger partial charge < -0.3 is 24.6 Å². The van der Waals surface area contributed by atoms with Crippen LogP contribution in [0.25, 0.3) is 0 Å². The summed E-state index contributed by atoms with van der Waals surface area (Å²) in [6, 6.07) is 7.46. The van der Waals surface area contributed by atoms with Crippen molar-refractivity contribution in [2.75, 3.05) is 19.6 Å². The van der Waals surface area contributed by atoms with Crippen LogP contribution < -0.4 is 10.6 Å². The molecule has 1 atom stereocenters. The molecular formula is C19H30IN3O3. The molecule has 0 bridgehead atoms. The second-order valence-electron chi connectivity index (χ2n) is 6.88. The molecule has 2 rings (SSSR count). The lowest BCUT2D eigenvalue weighted by Crippen LogP contribution is -2.41. The van der Waals surface area contributed by atoms with Crippen molar-refractivity contribution in [2.24, 2.45) is 10.9 Å². The van der Waals surface area contributed by atoms with Crippen molar-refractivity contribution in [1.29, 1.82) is 0 Å². The number of guanidine groups is 1. The zero-order chi connectivity index (χ0) is 18.3. The molecule has 0 saturated heterocycles. The number of aliphatic hydroxyl groups is 1. The number of nitrogens with zero attached hydrogens (tertiary/aromatic N) is 1. The van der Waals surface area contributed by atoms with E-state index in [1.807, 2.05) is 25.1 Å². The summed E-state index contributed by atoms with van der Waals surface area (Å²) in [6.45, 7) is 9.53. The van der Waals surface area contributed by atoms with Crippen molar-refractivity contribution in [3.63, 3.8) is 0 Å². The van der Waals surface area contributed by atoms with Crippen molar-refractivity contribution in [3.8, 4) is 0 Å². The number of furan rings is 2. The molecule has 146 valence electrons.